The maximum absolute atomic E-state index is 13.2. The SMILES string of the molecule is O=C1c2ccccc2C#Cc2ccccc2N1CCC1=NCCS1.O=C=O. The lowest BCUT2D eigenvalue weighted by atomic mass is 10.0. The first kappa shape index (κ1) is 18.7. The Hall–Kier alpha value is -3.13. The van der Waals surface area contributed by atoms with Gasteiger partial charge in [-0.15, -0.1) is 11.8 Å². The number of rotatable bonds is 3. The molecule has 0 saturated heterocycles. The molecular formula is C21H16N2O3S. The monoisotopic (exact) mass is 376 g/mol. The van der Waals surface area contributed by atoms with E-state index >= 15 is 0 Å². The predicted octanol–water partition coefficient (Wildman–Crippen LogP) is 3.00. The largest absolute Gasteiger partial charge is 0.373 e. The number of amides is 1. The summed E-state index contributed by atoms with van der Waals surface area (Å²) in [5.41, 5.74) is 3.23. The van der Waals surface area contributed by atoms with Gasteiger partial charge < -0.3 is 4.90 Å². The Balaban J connectivity index is 0.000000659. The normalized spacial score (nSPS) is 14.1. The van der Waals surface area contributed by atoms with Crippen LogP contribution in [-0.4, -0.2) is 35.9 Å². The summed E-state index contributed by atoms with van der Waals surface area (Å²) in [5.74, 6) is 7.42. The van der Waals surface area contributed by atoms with Crippen molar-refractivity contribution >= 4 is 34.6 Å². The summed E-state index contributed by atoms with van der Waals surface area (Å²) in [5, 5.41) is 1.14. The van der Waals surface area contributed by atoms with Crippen LogP contribution in [0.4, 0.5) is 5.69 Å². The van der Waals surface area contributed by atoms with Crippen LogP contribution in [0.2, 0.25) is 0 Å². The van der Waals surface area contributed by atoms with Crippen LogP contribution in [0.3, 0.4) is 0 Å². The highest BCUT2D eigenvalue weighted by atomic mass is 32.2. The maximum atomic E-state index is 13.2. The number of carbonyl (C=O) groups excluding carboxylic acids is 3. The molecule has 0 aliphatic carbocycles. The van der Waals surface area contributed by atoms with Crippen molar-refractivity contribution in [1.29, 1.82) is 0 Å². The molecule has 27 heavy (non-hydrogen) atoms. The van der Waals surface area contributed by atoms with Gasteiger partial charge in [-0.25, -0.2) is 0 Å². The van der Waals surface area contributed by atoms with Gasteiger partial charge >= 0.3 is 6.15 Å². The molecule has 5 nitrogen and oxygen atoms in total. The fourth-order valence-electron chi connectivity index (χ4n) is 2.94. The van der Waals surface area contributed by atoms with Gasteiger partial charge in [0.05, 0.1) is 16.3 Å². The minimum Gasteiger partial charge on any atom is -0.307 e. The van der Waals surface area contributed by atoms with Crippen molar-refractivity contribution in [3.8, 4) is 11.8 Å². The van der Waals surface area contributed by atoms with E-state index < -0.39 is 0 Å². The highest BCUT2D eigenvalue weighted by Crippen LogP contribution is 2.26. The van der Waals surface area contributed by atoms with Gasteiger partial charge in [0.2, 0.25) is 0 Å². The van der Waals surface area contributed by atoms with Crippen LogP contribution in [0.1, 0.15) is 27.9 Å². The van der Waals surface area contributed by atoms with Gasteiger partial charge in [0.25, 0.3) is 5.91 Å². The highest BCUT2D eigenvalue weighted by Gasteiger charge is 2.23. The number of benzene rings is 2. The third kappa shape index (κ3) is 4.35. The average molecular weight is 376 g/mol. The molecule has 2 aromatic rings. The van der Waals surface area contributed by atoms with Crippen LogP contribution in [0.15, 0.2) is 53.5 Å². The number of aliphatic imine (C=N–C) groups is 1. The van der Waals surface area contributed by atoms with E-state index in [0.29, 0.717) is 12.1 Å². The highest BCUT2D eigenvalue weighted by molar-refractivity contribution is 8.14. The van der Waals surface area contributed by atoms with Crippen molar-refractivity contribution in [1.82, 2.24) is 0 Å². The van der Waals surface area contributed by atoms with Crippen LogP contribution in [0.25, 0.3) is 0 Å². The Labute approximate surface area is 161 Å². The van der Waals surface area contributed by atoms with Crippen molar-refractivity contribution in [2.75, 3.05) is 23.7 Å². The van der Waals surface area contributed by atoms with Gasteiger partial charge in [0.15, 0.2) is 0 Å². The zero-order valence-electron chi connectivity index (χ0n) is 14.5. The van der Waals surface area contributed by atoms with E-state index in [1.807, 2.05) is 53.4 Å². The van der Waals surface area contributed by atoms with Crippen LogP contribution in [0, 0.1) is 11.8 Å². The van der Waals surface area contributed by atoms with Gasteiger partial charge in [-0.2, -0.15) is 9.59 Å². The zero-order chi connectivity index (χ0) is 19.1. The second-order valence-electron chi connectivity index (χ2n) is 5.73. The minimum atomic E-state index is 0.00986. The summed E-state index contributed by atoms with van der Waals surface area (Å²) in [4.78, 5) is 35.8. The Bertz CT molecular complexity index is 982. The number of anilines is 1. The van der Waals surface area contributed by atoms with Crippen molar-refractivity contribution in [2.24, 2.45) is 4.99 Å². The average Bonchev–Trinajstić information content (AvgIpc) is 3.20. The molecule has 0 N–H and O–H groups in total. The van der Waals surface area contributed by atoms with E-state index in [2.05, 4.69) is 16.8 Å². The smallest absolute Gasteiger partial charge is 0.307 e. The molecule has 1 amide bonds. The standard InChI is InChI=1S/C20H16N2OS.CO2/c23-20-17-7-3-1-5-15(17)9-10-16-6-2-4-8-18(16)22(20)13-11-19-21-12-14-24-19;2-1-3/h1-8H,11-14H2;. The number of carbonyl (C=O) groups is 1. The first-order chi connectivity index (χ1) is 13.2. The molecule has 0 bridgehead atoms. The molecule has 6 heteroatoms. The Morgan fingerprint density at radius 1 is 1.04 bits per heavy atom. The van der Waals surface area contributed by atoms with Crippen molar-refractivity contribution in [3.05, 3.63) is 65.2 Å². The number of hydrogen-bond acceptors (Lipinski definition) is 5. The third-order valence-corrected chi connectivity index (χ3v) is 5.18. The molecule has 0 atom stereocenters. The van der Waals surface area contributed by atoms with E-state index in [0.717, 1.165) is 40.6 Å². The topological polar surface area (TPSA) is 66.8 Å². The first-order valence-corrected chi connectivity index (χ1v) is 9.40. The number of thioether (sulfide) groups is 1. The Morgan fingerprint density at radius 3 is 2.44 bits per heavy atom. The molecule has 0 spiro atoms. The van der Waals surface area contributed by atoms with Crippen LogP contribution in [-0.2, 0) is 9.59 Å². The number of para-hydroxylation sites is 1. The Kier molecular flexibility index (Phi) is 6.22. The molecule has 0 radical (unpaired) electrons. The first-order valence-electron chi connectivity index (χ1n) is 8.42. The Morgan fingerprint density at radius 2 is 1.70 bits per heavy atom. The van der Waals surface area contributed by atoms with Gasteiger partial charge in [-0.05, 0) is 24.3 Å². The number of hydrogen-bond donors (Lipinski definition) is 0. The van der Waals surface area contributed by atoms with E-state index in [9.17, 15) is 4.79 Å². The lowest BCUT2D eigenvalue weighted by Gasteiger charge is -2.25. The van der Waals surface area contributed by atoms with Gasteiger partial charge in [0.1, 0.15) is 0 Å². The second-order valence-corrected chi connectivity index (χ2v) is 6.89. The number of nitrogens with zero attached hydrogens (tertiary/aromatic N) is 2. The molecule has 2 aliphatic rings. The molecule has 0 aromatic heterocycles. The molecule has 2 heterocycles. The summed E-state index contributed by atoms with van der Waals surface area (Å²) < 4.78 is 0. The van der Waals surface area contributed by atoms with Gasteiger partial charge in [0, 0.05) is 36.4 Å². The number of fused-ring (bicyclic) bond motifs is 2. The zero-order valence-corrected chi connectivity index (χ0v) is 15.3. The molecule has 4 rings (SSSR count). The summed E-state index contributed by atoms with van der Waals surface area (Å²) in [6, 6.07) is 15.4. The third-order valence-electron chi connectivity index (χ3n) is 4.13. The molecule has 2 aromatic carbocycles. The van der Waals surface area contributed by atoms with Crippen LogP contribution in [0.5, 0.6) is 0 Å². The molecular weight excluding hydrogens is 360 g/mol. The molecule has 134 valence electrons. The maximum Gasteiger partial charge on any atom is 0.373 e. The van der Waals surface area contributed by atoms with E-state index in [4.69, 9.17) is 9.59 Å². The van der Waals surface area contributed by atoms with Crippen LogP contribution < -0.4 is 4.90 Å². The molecule has 0 fully saturated rings. The van der Waals surface area contributed by atoms with Crippen LogP contribution >= 0.6 is 11.8 Å². The fraction of sp³-hybridized carbons (Fsp3) is 0.190. The van der Waals surface area contributed by atoms with Crippen molar-refractivity contribution in [2.45, 2.75) is 6.42 Å². The van der Waals surface area contributed by atoms with Crippen molar-refractivity contribution in [3.63, 3.8) is 0 Å². The fourth-order valence-corrected chi connectivity index (χ4v) is 3.78. The van der Waals surface area contributed by atoms with E-state index in [1.165, 1.54) is 0 Å². The predicted molar refractivity (Wildman–Crippen MR) is 105 cm³/mol. The summed E-state index contributed by atoms with van der Waals surface area (Å²) in [6.07, 6.45) is 1.04. The lowest BCUT2D eigenvalue weighted by molar-refractivity contribution is -0.191. The summed E-state index contributed by atoms with van der Waals surface area (Å²) >= 11 is 1.79. The van der Waals surface area contributed by atoms with Gasteiger partial charge in [-0.1, -0.05) is 36.1 Å². The van der Waals surface area contributed by atoms with Gasteiger partial charge in [-0.3, -0.25) is 9.79 Å². The molecule has 0 saturated carbocycles. The summed E-state index contributed by atoms with van der Waals surface area (Å²) in [6.45, 7) is 1.51. The molecule has 0 unspecified atom stereocenters. The van der Waals surface area contributed by atoms with Crippen molar-refractivity contribution < 1.29 is 14.4 Å². The minimum absolute atomic E-state index is 0.00986. The second kappa shape index (κ2) is 9.00. The summed E-state index contributed by atoms with van der Waals surface area (Å²) in [7, 11) is 0. The molecule has 2 aliphatic heterocycles. The quantitative estimate of drug-likeness (QED) is 0.773. The van der Waals surface area contributed by atoms with E-state index in [1.54, 1.807) is 11.8 Å². The van der Waals surface area contributed by atoms with E-state index in [-0.39, 0.29) is 12.1 Å². The lowest BCUT2D eigenvalue weighted by Crippen LogP contribution is -2.34.